The molecule has 0 amide bonds. The molecular weight excluding hydrogens is 358 g/mol. The largest absolute Gasteiger partial charge is 0.527 e. The highest BCUT2D eigenvalue weighted by Gasteiger charge is 2.56. The maximum Gasteiger partial charge on any atom is 0.527 e. The van der Waals surface area contributed by atoms with Crippen molar-refractivity contribution in [2.45, 2.75) is 24.9 Å². The molecule has 0 saturated carbocycles. The molecular formula is C6F10O6. The second-order valence-electron chi connectivity index (χ2n) is 2.87. The van der Waals surface area contributed by atoms with Gasteiger partial charge in [-0.3, -0.25) is 0 Å². The van der Waals surface area contributed by atoms with E-state index in [0.29, 0.717) is 0 Å². The van der Waals surface area contributed by atoms with Crippen molar-refractivity contribution in [3.8, 4) is 0 Å². The lowest BCUT2D eigenvalue weighted by Gasteiger charge is -2.17. The monoisotopic (exact) mass is 358 g/mol. The van der Waals surface area contributed by atoms with Crippen LogP contribution in [0.25, 0.3) is 0 Å². The number of ether oxygens (including phenoxy) is 2. The average molecular weight is 358 g/mol. The fourth-order valence-corrected chi connectivity index (χ4v) is 0.547. The molecule has 0 aromatic heterocycles. The molecule has 0 heterocycles. The summed E-state index contributed by atoms with van der Waals surface area (Å²) in [7, 11) is 0. The highest BCUT2D eigenvalue weighted by atomic mass is 19.4. The van der Waals surface area contributed by atoms with Crippen molar-refractivity contribution in [1.82, 2.24) is 0 Å². The van der Waals surface area contributed by atoms with E-state index in [9.17, 15) is 53.5 Å². The number of carbonyl (C=O) groups excluding carboxylic acids is 2. The van der Waals surface area contributed by atoms with Crippen LogP contribution in [0.3, 0.4) is 0 Å². The number of carbonyl (C=O) groups is 2. The third-order valence-corrected chi connectivity index (χ3v) is 1.16. The molecule has 0 aromatic rings. The van der Waals surface area contributed by atoms with Gasteiger partial charge in [0.15, 0.2) is 0 Å². The van der Waals surface area contributed by atoms with Crippen LogP contribution in [0.2, 0.25) is 0 Å². The van der Waals surface area contributed by atoms with Crippen LogP contribution in [0, 0.1) is 0 Å². The number of hydrogen-bond acceptors (Lipinski definition) is 6. The Hall–Kier alpha value is -1.84. The molecule has 0 aliphatic carbocycles. The zero-order valence-electron chi connectivity index (χ0n) is 9.23. The summed E-state index contributed by atoms with van der Waals surface area (Å²) in [5, 5.41) is 0. The minimum absolute atomic E-state index is 1.89. The standard InChI is InChI=1S/C6F10O6/c7-3(8,21-5(11,12)13)1(17)19-20-2(18)4(9,10)22-6(14,15)16. The van der Waals surface area contributed by atoms with E-state index < -0.39 is 36.9 Å². The van der Waals surface area contributed by atoms with Crippen molar-refractivity contribution < 1.29 is 72.7 Å². The van der Waals surface area contributed by atoms with Crippen LogP contribution in [-0.4, -0.2) is 36.9 Å². The maximum absolute atomic E-state index is 12.3. The third-order valence-electron chi connectivity index (χ3n) is 1.16. The van der Waals surface area contributed by atoms with Crippen molar-refractivity contribution in [2.24, 2.45) is 0 Å². The Morgan fingerprint density at radius 2 is 0.773 bits per heavy atom. The van der Waals surface area contributed by atoms with Gasteiger partial charge in [-0.2, -0.15) is 17.6 Å². The topological polar surface area (TPSA) is 71.1 Å². The summed E-state index contributed by atoms with van der Waals surface area (Å²) in [4.78, 5) is 25.6. The summed E-state index contributed by atoms with van der Waals surface area (Å²) in [6, 6.07) is 0. The summed E-state index contributed by atoms with van der Waals surface area (Å²) in [5.41, 5.74) is 0. The molecule has 0 spiro atoms. The minimum Gasteiger partial charge on any atom is -0.237 e. The van der Waals surface area contributed by atoms with Crippen LogP contribution < -0.4 is 0 Å². The zero-order chi connectivity index (χ0) is 18.0. The quantitative estimate of drug-likeness (QED) is 0.436. The predicted molar refractivity (Wildman–Crippen MR) is 36.4 cm³/mol. The number of halogens is 10. The molecule has 0 radical (unpaired) electrons. The van der Waals surface area contributed by atoms with Gasteiger partial charge < -0.3 is 0 Å². The first-order valence-corrected chi connectivity index (χ1v) is 4.19. The molecule has 6 nitrogen and oxygen atoms in total. The molecule has 0 fully saturated rings. The first-order valence-electron chi connectivity index (χ1n) is 4.19. The van der Waals surface area contributed by atoms with Crippen LogP contribution in [0.15, 0.2) is 0 Å². The van der Waals surface area contributed by atoms with Gasteiger partial charge in [0.1, 0.15) is 0 Å². The molecule has 0 aromatic carbocycles. The van der Waals surface area contributed by atoms with E-state index in [1.165, 1.54) is 0 Å². The molecule has 0 aliphatic rings. The van der Waals surface area contributed by atoms with Crippen molar-refractivity contribution in [3.05, 3.63) is 0 Å². The van der Waals surface area contributed by atoms with E-state index in [1.807, 2.05) is 9.47 Å². The van der Waals surface area contributed by atoms with E-state index in [-0.39, 0.29) is 0 Å². The van der Waals surface area contributed by atoms with Gasteiger partial charge in [-0.05, 0) is 0 Å². The lowest BCUT2D eigenvalue weighted by molar-refractivity contribution is -0.431. The number of alkyl halides is 10. The fourth-order valence-electron chi connectivity index (χ4n) is 0.547. The van der Waals surface area contributed by atoms with Crippen LogP contribution in [0.1, 0.15) is 0 Å². The SMILES string of the molecule is O=C(OOC(=O)C(F)(F)OC(F)(F)F)C(F)(F)OC(F)(F)F. The molecule has 22 heavy (non-hydrogen) atoms. The molecule has 0 aliphatic heterocycles. The van der Waals surface area contributed by atoms with Gasteiger partial charge in [0.2, 0.25) is 0 Å². The van der Waals surface area contributed by atoms with Crippen molar-refractivity contribution >= 4 is 11.9 Å². The molecule has 0 bridgehead atoms. The van der Waals surface area contributed by atoms with E-state index in [0.717, 1.165) is 0 Å². The van der Waals surface area contributed by atoms with Gasteiger partial charge in [-0.1, -0.05) is 0 Å². The van der Waals surface area contributed by atoms with Crippen LogP contribution >= 0.6 is 0 Å². The lowest BCUT2D eigenvalue weighted by atomic mass is 10.6. The van der Waals surface area contributed by atoms with Crippen LogP contribution in [0.5, 0.6) is 0 Å². The van der Waals surface area contributed by atoms with Gasteiger partial charge in [0.05, 0.1) is 0 Å². The van der Waals surface area contributed by atoms with Crippen LogP contribution in [0.4, 0.5) is 43.9 Å². The predicted octanol–water partition coefficient (Wildman–Crippen LogP) is 2.25. The molecule has 130 valence electrons. The first kappa shape index (κ1) is 20.2. The summed E-state index contributed by atoms with van der Waals surface area (Å²) < 4.78 is 121. The third kappa shape index (κ3) is 7.25. The van der Waals surface area contributed by atoms with E-state index in [4.69, 9.17) is 0 Å². The van der Waals surface area contributed by atoms with E-state index in [2.05, 4.69) is 9.78 Å². The Morgan fingerprint density at radius 1 is 0.545 bits per heavy atom. The zero-order valence-corrected chi connectivity index (χ0v) is 9.23. The summed E-state index contributed by atoms with van der Waals surface area (Å²) >= 11 is 0. The Morgan fingerprint density at radius 3 is 0.955 bits per heavy atom. The van der Waals surface area contributed by atoms with E-state index in [1.54, 1.807) is 0 Å². The first-order chi connectivity index (χ1) is 9.46. The second-order valence-corrected chi connectivity index (χ2v) is 2.87. The van der Waals surface area contributed by atoms with Crippen molar-refractivity contribution in [1.29, 1.82) is 0 Å². The summed E-state index contributed by atoms with van der Waals surface area (Å²) in [6.07, 6.45) is -23.8. The van der Waals surface area contributed by atoms with Crippen LogP contribution in [-0.2, 0) is 28.8 Å². The minimum atomic E-state index is -6.09. The van der Waals surface area contributed by atoms with Crippen molar-refractivity contribution in [3.63, 3.8) is 0 Å². The molecule has 0 rings (SSSR count). The fraction of sp³-hybridized carbons (Fsp3) is 0.667. The number of rotatable bonds is 4. The lowest BCUT2D eigenvalue weighted by Crippen LogP contribution is -2.42. The molecule has 0 saturated heterocycles. The highest BCUT2D eigenvalue weighted by molar-refractivity contribution is 5.79. The summed E-state index contributed by atoms with van der Waals surface area (Å²) in [6.45, 7) is 0. The van der Waals surface area contributed by atoms with Gasteiger partial charge in [-0.25, -0.2) is 28.8 Å². The average Bonchev–Trinajstić information content (AvgIpc) is 2.17. The van der Waals surface area contributed by atoms with Gasteiger partial charge >= 0.3 is 36.9 Å². The van der Waals surface area contributed by atoms with Gasteiger partial charge in [0, 0.05) is 0 Å². The van der Waals surface area contributed by atoms with E-state index >= 15 is 0 Å². The normalized spacial score (nSPS) is 13.7. The Kier molecular flexibility index (Phi) is 5.60. The van der Waals surface area contributed by atoms with Gasteiger partial charge in [0.25, 0.3) is 0 Å². The second kappa shape index (κ2) is 6.11. The number of hydrogen-bond donors (Lipinski definition) is 0. The smallest absolute Gasteiger partial charge is 0.237 e. The maximum atomic E-state index is 12.3. The Labute approximate surface area is 111 Å². The summed E-state index contributed by atoms with van der Waals surface area (Å²) in [5.74, 6) is -6.91. The molecule has 0 N–H and O–H groups in total. The molecule has 16 heteroatoms. The van der Waals surface area contributed by atoms with Crippen molar-refractivity contribution in [2.75, 3.05) is 0 Å². The van der Waals surface area contributed by atoms with Gasteiger partial charge in [-0.15, -0.1) is 26.3 Å². The molecule has 0 atom stereocenters. The Balaban J connectivity index is 4.68. The highest BCUT2D eigenvalue weighted by Crippen LogP contribution is 2.31. The molecule has 0 unspecified atom stereocenters. The Bertz CT molecular complexity index is 385.